The van der Waals surface area contributed by atoms with Crippen LogP contribution in [0, 0.1) is 18.3 Å². The molecule has 3 nitrogen and oxygen atoms in total. The highest BCUT2D eigenvalue weighted by atomic mass is 16.1. The van der Waals surface area contributed by atoms with Crippen molar-refractivity contribution in [3.8, 4) is 0 Å². The molecule has 1 heterocycles. The number of carbonyl (C=O) groups is 1. The Morgan fingerprint density at radius 2 is 1.76 bits per heavy atom. The topological polar surface area (TPSA) is 42.0 Å². The van der Waals surface area contributed by atoms with Gasteiger partial charge in [-0.25, -0.2) is 0 Å². The van der Waals surface area contributed by atoms with E-state index in [1.807, 2.05) is 19.1 Å². The van der Waals surface area contributed by atoms with E-state index in [-0.39, 0.29) is 17.4 Å². The molecule has 3 aliphatic rings. The van der Waals surface area contributed by atoms with Crippen molar-refractivity contribution in [3.63, 3.8) is 0 Å². The van der Waals surface area contributed by atoms with Gasteiger partial charge in [0.2, 0.25) is 0 Å². The van der Waals surface area contributed by atoms with Crippen LogP contribution in [0.5, 0.6) is 0 Å². The number of carbonyl (C=O) groups excluding carboxylic acids is 1. The molecule has 3 heteroatoms. The summed E-state index contributed by atoms with van der Waals surface area (Å²) in [5, 5.41) is 3.32. The van der Waals surface area contributed by atoms with Crippen molar-refractivity contribution in [1.29, 1.82) is 0 Å². The molecule has 0 spiro atoms. The zero-order valence-corrected chi connectivity index (χ0v) is 15.3. The lowest BCUT2D eigenvalue weighted by atomic mass is 9.31. The van der Waals surface area contributed by atoms with Crippen LogP contribution in [0.15, 0.2) is 48.7 Å². The summed E-state index contributed by atoms with van der Waals surface area (Å²) in [7, 11) is 0. The Morgan fingerprint density at radius 3 is 2.32 bits per heavy atom. The lowest BCUT2D eigenvalue weighted by Gasteiger charge is -2.74. The van der Waals surface area contributed by atoms with E-state index in [0.717, 1.165) is 5.69 Å². The van der Waals surface area contributed by atoms with Crippen LogP contribution >= 0.6 is 0 Å². The summed E-state index contributed by atoms with van der Waals surface area (Å²) in [4.78, 5) is 16.9. The Hall–Kier alpha value is -2.16. The van der Waals surface area contributed by atoms with Crippen LogP contribution in [0.25, 0.3) is 0 Å². The van der Waals surface area contributed by atoms with Crippen LogP contribution in [0.4, 0.5) is 0 Å². The predicted molar refractivity (Wildman–Crippen MR) is 99.5 cm³/mol. The lowest BCUT2D eigenvalue weighted by Crippen LogP contribution is -2.72. The molecule has 0 aliphatic heterocycles. The lowest BCUT2D eigenvalue weighted by molar-refractivity contribution is -0.170. The van der Waals surface area contributed by atoms with Gasteiger partial charge in [0, 0.05) is 17.9 Å². The summed E-state index contributed by atoms with van der Waals surface area (Å²) >= 11 is 0. The Balaban J connectivity index is 1.47. The van der Waals surface area contributed by atoms with Crippen molar-refractivity contribution in [2.45, 2.75) is 51.5 Å². The number of nitrogens with zero attached hydrogens (tertiary/aromatic N) is 1. The van der Waals surface area contributed by atoms with Crippen LogP contribution in [-0.4, -0.2) is 16.9 Å². The summed E-state index contributed by atoms with van der Waals surface area (Å²) < 4.78 is 0. The van der Waals surface area contributed by atoms with E-state index >= 15 is 0 Å². The van der Waals surface area contributed by atoms with Gasteiger partial charge in [0.05, 0.1) is 5.56 Å². The van der Waals surface area contributed by atoms with Crippen LogP contribution in [0.1, 0.15) is 54.7 Å². The summed E-state index contributed by atoms with van der Waals surface area (Å²) in [5.41, 5.74) is 3.69. The van der Waals surface area contributed by atoms with Crippen molar-refractivity contribution < 1.29 is 4.79 Å². The summed E-state index contributed by atoms with van der Waals surface area (Å²) in [5.74, 6) is 0.432. The molecule has 1 aromatic heterocycles. The number of rotatable bonds is 5. The average Bonchev–Trinajstić information content (AvgIpc) is 2.53. The van der Waals surface area contributed by atoms with Gasteiger partial charge in [-0.2, -0.15) is 0 Å². The minimum Gasteiger partial charge on any atom is -0.348 e. The molecular formula is C22H26N2O. The Morgan fingerprint density at radius 1 is 1.08 bits per heavy atom. The zero-order valence-electron chi connectivity index (χ0n) is 15.3. The van der Waals surface area contributed by atoms with Crippen molar-refractivity contribution in [3.05, 3.63) is 65.5 Å². The molecule has 5 rings (SSSR count). The van der Waals surface area contributed by atoms with Crippen molar-refractivity contribution in [1.82, 2.24) is 10.3 Å². The summed E-state index contributed by atoms with van der Waals surface area (Å²) in [6, 6.07) is 14.8. The maximum atomic E-state index is 12.7. The number of pyridine rings is 1. The normalized spacial score (nSPS) is 28.0. The number of hydrogen-bond donors (Lipinski definition) is 1. The van der Waals surface area contributed by atoms with Crippen LogP contribution in [0.3, 0.4) is 0 Å². The first kappa shape index (κ1) is 16.3. The maximum absolute atomic E-state index is 12.7. The third-order valence-electron chi connectivity index (χ3n) is 6.24. The third kappa shape index (κ3) is 2.57. The van der Waals surface area contributed by atoms with Gasteiger partial charge in [-0.15, -0.1) is 0 Å². The van der Waals surface area contributed by atoms with Gasteiger partial charge in [-0.1, -0.05) is 44.2 Å². The van der Waals surface area contributed by atoms with E-state index in [1.165, 1.54) is 24.8 Å². The smallest absolute Gasteiger partial charge is 0.253 e. The van der Waals surface area contributed by atoms with Crippen molar-refractivity contribution >= 4 is 5.91 Å². The van der Waals surface area contributed by atoms with Gasteiger partial charge in [-0.3, -0.25) is 9.78 Å². The molecule has 3 aliphatic carbocycles. The molecule has 1 amide bonds. The highest BCUT2D eigenvalue weighted by molar-refractivity contribution is 5.94. The largest absolute Gasteiger partial charge is 0.348 e. The molecule has 1 N–H and O–H groups in total. The first-order valence-corrected chi connectivity index (χ1v) is 9.23. The van der Waals surface area contributed by atoms with Crippen LogP contribution in [0.2, 0.25) is 0 Å². The minimum atomic E-state index is 0.00434. The monoisotopic (exact) mass is 334 g/mol. The second kappa shape index (κ2) is 5.69. The summed E-state index contributed by atoms with van der Waals surface area (Å²) in [6.07, 6.45) is 5.26. The first-order valence-electron chi connectivity index (χ1n) is 9.23. The van der Waals surface area contributed by atoms with Gasteiger partial charge >= 0.3 is 0 Å². The Labute approximate surface area is 149 Å². The second-order valence-corrected chi connectivity index (χ2v) is 8.42. The molecule has 1 atom stereocenters. The highest BCUT2D eigenvalue weighted by Gasteiger charge is 2.71. The highest BCUT2D eigenvalue weighted by Crippen LogP contribution is 2.75. The number of aromatic nitrogens is 1. The first-order chi connectivity index (χ1) is 11.9. The quantitative estimate of drug-likeness (QED) is 0.887. The average molecular weight is 334 g/mol. The molecule has 3 saturated carbocycles. The number of benzene rings is 1. The molecule has 25 heavy (non-hydrogen) atoms. The van der Waals surface area contributed by atoms with Gasteiger partial charge in [-0.05, 0) is 60.6 Å². The van der Waals surface area contributed by atoms with E-state index in [9.17, 15) is 4.79 Å². The molecule has 0 saturated heterocycles. The number of hydrogen-bond acceptors (Lipinski definition) is 2. The fourth-order valence-electron chi connectivity index (χ4n) is 5.15. The number of amides is 1. The van der Waals surface area contributed by atoms with Crippen LogP contribution in [-0.2, 0) is 5.41 Å². The second-order valence-electron chi connectivity index (χ2n) is 8.42. The molecule has 130 valence electrons. The standard InChI is InChI=1S/C22H26N2O/c1-15(2)19(24-20(25)17-10-9-16(3)23-11-17)22-12-21(13-22,14-22)18-7-5-4-6-8-18/h4-11,15,19H,12-14H2,1-3H3,(H,24,25). The number of aryl methyl sites for hydroxylation is 1. The van der Waals surface area contributed by atoms with E-state index in [2.05, 4.69) is 54.5 Å². The molecular weight excluding hydrogens is 308 g/mol. The number of nitrogens with one attached hydrogen (secondary N) is 1. The van der Waals surface area contributed by atoms with E-state index in [0.29, 0.717) is 16.9 Å². The van der Waals surface area contributed by atoms with Gasteiger partial charge in [0.25, 0.3) is 5.91 Å². The van der Waals surface area contributed by atoms with Gasteiger partial charge < -0.3 is 5.32 Å². The minimum absolute atomic E-state index is 0.00434. The van der Waals surface area contributed by atoms with Gasteiger partial charge in [0.1, 0.15) is 0 Å². The molecule has 1 aromatic carbocycles. The van der Waals surface area contributed by atoms with Gasteiger partial charge in [0.15, 0.2) is 0 Å². The predicted octanol–water partition coefficient (Wildman–Crippen LogP) is 4.27. The molecule has 2 bridgehead atoms. The Bertz CT molecular complexity index is 760. The van der Waals surface area contributed by atoms with E-state index in [1.54, 1.807) is 6.20 Å². The van der Waals surface area contributed by atoms with Crippen molar-refractivity contribution in [2.24, 2.45) is 11.3 Å². The maximum Gasteiger partial charge on any atom is 0.253 e. The SMILES string of the molecule is Cc1ccc(C(=O)NC(C(C)C)C23CC(c4ccccc4)(C2)C3)cn1. The van der Waals surface area contributed by atoms with Crippen LogP contribution < -0.4 is 5.32 Å². The summed E-state index contributed by atoms with van der Waals surface area (Å²) in [6.45, 7) is 6.37. The Kier molecular flexibility index (Phi) is 3.71. The zero-order chi connectivity index (χ0) is 17.7. The third-order valence-corrected chi connectivity index (χ3v) is 6.24. The van der Waals surface area contributed by atoms with E-state index in [4.69, 9.17) is 0 Å². The molecule has 2 aromatic rings. The fourth-order valence-corrected chi connectivity index (χ4v) is 5.15. The molecule has 1 unspecified atom stereocenters. The molecule has 3 fully saturated rings. The molecule has 0 radical (unpaired) electrons. The van der Waals surface area contributed by atoms with Crippen molar-refractivity contribution in [2.75, 3.05) is 0 Å². The van der Waals surface area contributed by atoms with E-state index < -0.39 is 0 Å². The fraction of sp³-hybridized carbons (Fsp3) is 0.455.